The van der Waals surface area contributed by atoms with Crippen LogP contribution >= 0.6 is 0 Å². The van der Waals surface area contributed by atoms with Gasteiger partial charge >= 0.3 is 5.97 Å². The summed E-state index contributed by atoms with van der Waals surface area (Å²) in [7, 11) is 1.41. The van der Waals surface area contributed by atoms with Crippen LogP contribution in [0.4, 0.5) is 4.39 Å². The summed E-state index contributed by atoms with van der Waals surface area (Å²) in [5.41, 5.74) is 0.723. The van der Waals surface area contributed by atoms with Crippen molar-refractivity contribution in [2.45, 2.75) is 12.3 Å². The summed E-state index contributed by atoms with van der Waals surface area (Å²) in [6, 6.07) is 12.7. The van der Waals surface area contributed by atoms with Crippen molar-refractivity contribution >= 4 is 16.9 Å². The first-order valence-electron chi connectivity index (χ1n) is 10.0. The lowest BCUT2D eigenvalue weighted by Gasteiger charge is -2.26. The Morgan fingerprint density at radius 2 is 1.85 bits per heavy atom. The number of fused-ring (bicyclic) bond motifs is 3. The minimum atomic E-state index is -0.664. The van der Waals surface area contributed by atoms with Gasteiger partial charge in [0.25, 0.3) is 0 Å². The molecule has 0 saturated carbocycles. The summed E-state index contributed by atoms with van der Waals surface area (Å²) in [5.74, 6) is -1.87. The topological polar surface area (TPSA) is 106 Å². The lowest BCUT2D eigenvalue weighted by atomic mass is 9.85. The Morgan fingerprint density at radius 1 is 1.03 bits per heavy atom. The average Bonchev–Trinajstić information content (AvgIpc) is 2.77. The zero-order chi connectivity index (χ0) is 23.3. The molecule has 0 fully saturated rings. The standard InChI is InChI=1S/C25H17FO7/c1-31-19-6-5-13(8-16(19)27)20-10-17(28)24-18(29)11-21-23(25(24)33-20)15(9-22(30)32-21)12-3-2-4-14(26)7-12/h2-8,10-11,15,27,29H,9H2,1H3/t15-/m0/s1. The minimum Gasteiger partial charge on any atom is -0.507 e. The van der Waals surface area contributed by atoms with E-state index in [2.05, 4.69) is 0 Å². The minimum absolute atomic E-state index is 0.0181. The van der Waals surface area contributed by atoms with Crippen LogP contribution < -0.4 is 14.9 Å². The maximum absolute atomic E-state index is 14.0. The zero-order valence-electron chi connectivity index (χ0n) is 17.3. The maximum atomic E-state index is 14.0. The van der Waals surface area contributed by atoms with Gasteiger partial charge in [-0.25, -0.2) is 4.39 Å². The predicted octanol–water partition coefficient (Wildman–Crippen LogP) is 4.46. The molecule has 7 nitrogen and oxygen atoms in total. The van der Waals surface area contributed by atoms with Crippen molar-refractivity contribution in [1.29, 1.82) is 0 Å². The van der Waals surface area contributed by atoms with Crippen LogP contribution in [-0.2, 0) is 4.79 Å². The van der Waals surface area contributed by atoms with E-state index < -0.39 is 28.9 Å². The molecule has 3 aromatic carbocycles. The van der Waals surface area contributed by atoms with Crippen LogP contribution in [0.25, 0.3) is 22.3 Å². The summed E-state index contributed by atoms with van der Waals surface area (Å²) < 4.78 is 30.4. The van der Waals surface area contributed by atoms with Gasteiger partial charge in [0.1, 0.15) is 34.0 Å². The van der Waals surface area contributed by atoms with Crippen molar-refractivity contribution in [3.63, 3.8) is 0 Å². The lowest BCUT2D eigenvalue weighted by Crippen LogP contribution is -2.22. The summed E-state index contributed by atoms with van der Waals surface area (Å²) in [6.07, 6.45) is -0.104. The van der Waals surface area contributed by atoms with E-state index in [1.807, 2.05) is 0 Å². The Labute approximate surface area is 186 Å². The van der Waals surface area contributed by atoms with Gasteiger partial charge in [-0.2, -0.15) is 0 Å². The molecule has 1 aliphatic rings. The highest BCUT2D eigenvalue weighted by Crippen LogP contribution is 2.46. The Morgan fingerprint density at radius 3 is 2.58 bits per heavy atom. The number of esters is 1. The quantitative estimate of drug-likeness (QED) is 0.352. The summed E-state index contributed by atoms with van der Waals surface area (Å²) in [5, 5.41) is 20.6. The van der Waals surface area contributed by atoms with Gasteiger partial charge in [-0.1, -0.05) is 12.1 Å². The van der Waals surface area contributed by atoms with Gasteiger partial charge in [0.15, 0.2) is 16.9 Å². The van der Waals surface area contributed by atoms with E-state index in [1.165, 1.54) is 49.6 Å². The molecule has 33 heavy (non-hydrogen) atoms. The molecule has 0 amide bonds. The fourth-order valence-corrected chi connectivity index (χ4v) is 4.15. The molecule has 0 unspecified atom stereocenters. The van der Waals surface area contributed by atoms with Crippen molar-refractivity contribution in [2.75, 3.05) is 7.11 Å². The molecule has 8 heteroatoms. The van der Waals surface area contributed by atoms with Crippen LogP contribution in [0.15, 0.2) is 63.8 Å². The second-order valence-electron chi connectivity index (χ2n) is 7.66. The van der Waals surface area contributed by atoms with Gasteiger partial charge in [-0.05, 0) is 35.9 Å². The number of benzene rings is 3. The van der Waals surface area contributed by atoms with E-state index >= 15 is 0 Å². The van der Waals surface area contributed by atoms with Gasteiger partial charge < -0.3 is 24.1 Å². The second kappa shape index (κ2) is 7.67. The molecule has 5 rings (SSSR count). The molecule has 0 spiro atoms. The predicted molar refractivity (Wildman–Crippen MR) is 116 cm³/mol. The van der Waals surface area contributed by atoms with Gasteiger partial charge in [-0.15, -0.1) is 0 Å². The number of phenols is 2. The fourth-order valence-electron chi connectivity index (χ4n) is 4.15. The van der Waals surface area contributed by atoms with Crippen LogP contribution in [0, 0.1) is 5.82 Å². The van der Waals surface area contributed by atoms with Crippen LogP contribution in [0.3, 0.4) is 0 Å². The summed E-state index contributed by atoms with van der Waals surface area (Å²) in [4.78, 5) is 25.2. The first-order chi connectivity index (χ1) is 15.9. The zero-order valence-corrected chi connectivity index (χ0v) is 17.3. The third-order valence-electron chi connectivity index (χ3n) is 5.64. The molecule has 1 atom stereocenters. The highest BCUT2D eigenvalue weighted by atomic mass is 19.1. The number of ether oxygens (including phenoxy) is 2. The third kappa shape index (κ3) is 3.45. The Kier molecular flexibility index (Phi) is 4.78. The maximum Gasteiger partial charge on any atom is 0.312 e. The normalized spacial score (nSPS) is 15.2. The highest BCUT2D eigenvalue weighted by molar-refractivity contribution is 5.93. The highest BCUT2D eigenvalue weighted by Gasteiger charge is 2.33. The molecule has 1 aliphatic heterocycles. The summed E-state index contributed by atoms with van der Waals surface area (Å²) in [6.45, 7) is 0. The van der Waals surface area contributed by atoms with Gasteiger partial charge in [0.05, 0.1) is 13.5 Å². The molecule has 1 aromatic heterocycles. The van der Waals surface area contributed by atoms with Crippen LogP contribution in [0.1, 0.15) is 23.5 Å². The Bertz CT molecular complexity index is 1490. The third-order valence-corrected chi connectivity index (χ3v) is 5.64. The van der Waals surface area contributed by atoms with Gasteiger partial charge in [-0.3, -0.25) is 9.59 Å². The van der Waals surface area contributed by atoms with Crippen molar-refractivity contribution < 1.29 is 33.3 Å². The molecule has 0 aliphatic carbocycles. The number of hydrogen-bond donors (Lipinski definition) is 2. The fraction of sp³-hybridized carbons (Fsp3) is 0.120. The number of halogens is 1. The molecule has 0 radical (unpaired) electrons. The largest absolute Gasteiger partial charge is 0.507 e. The smallest absolute Gasteiger partial charge is 0.312 e. The lowest BCUT2D eigenvalue weighted by molar-refractivity contribution is -0.135. The van der Waals surface area contributed by atoms with E-state index in [0.29, 0.717) is 16.7 Å². The number of rotatable bonds is 3. The van der Waals surface area contributed by atoms with E-state index in [-0.39, 0.29) is 40.4 Å². The number of methoxy groups -OCH3 is 1. The van der Waals surface area contributed by atoms with Crippen molar-refractivity contribution in [3.05, 3.63) is 81.8 Å². The molecule has 0 saturated heterocycles. The molecular formula is C25H17FO7. The van der Waals surface area contributed by atoms with Crippen molar-refractivity contribution in [1.82, 2.24) is 0 Å². The van der Waals surface area contributed by atoms with Crippen LogP contribution in [0.2, 0.25) is 0 Å². The average molecular weight is 448 g/mol. The van der Waals surface area contributed by atoms with E-state index in [0.717, 1.165) is 0 Å². The van der Waals surface area contributed by atoms with E-state index in [4.69, 9.17) is 13.9 Å². The monoisotopic (exact) mass is 448 g/mol. The van der Waals surface area contributed by atoms with Crippen LogP contribution in [-0.4, -0.2) is 23.3 Å². The van der Waals surface area contributed by atoms with E-state index in [9.17, 15) is 24.2 Å². The first-order valence-corrected chi connectivity index (χ1v) is 10.0. The number of hydrogen-bond acceptors (Lipinski definition) is 7. The van der Waals surface area contributed by atoms with E-state index in [1.54, 1.807) is 12.1 Å². The SMILES string of the molecule is COc1ccc(-c2cc(=O)c3c(O)cc4c(c3o2)[C@H](c2cccc(F)c2)CC(=O)O4)cc1O. The molecule has 0 bridgehead atoms. The number of carbonyl (C=O) groups is 1. The van der Waals surface area contributed by atoms with Crippen molar-refractivity contribution in [3.8, 4) is 34.3 Å². The summed E-state index contributed by atoms with van der Waals surface area (Å²) >= 11 is 0. The molecule has 2 N–H and O–H groups in total. The Balaban J connectivity index is 1.80. The molecule has 2 heterocycles. The van der Waals surface area contributed by atoms with Gasteiger partial charge in [0.2, 0.25) is 0 Å². The second-order valence-corrected chi connectivity index (χ2v) is 7.66. The number of aromatic hydroxyl groups is 2. The molecular weight excluding hydrogens is 431 g/mol. The number of carbonyl (C=O) groups excluding carboxylic acids is 1. The number of phenolic OH excluding ortho intramolecular Hbond substituents is 2. The molecule has 166 valence electrons. The van der Waals surface area contributed by atoms with Crippen LogP contribution in [0.5, 0.6) is 23.0 Å². The van der Waals surface area contributed by atoms with Gasteiger partial charge in [0, 0.05) is 29.2 Å². The Hall–Kier alpha value is -4.33. The van der Waals surface area contributed by atoms with Crippen molar-refractivity contribution in [2.24, 2.45) is 0 Å². The molecule has 4 aromatic rings. The first kappa shape index (κ1) is 20.6.